The highest BCUT2D eigenvalue weighted by molar-refractivity contribution is 5.94. The van der Waals surface area contributed by atoms with Crippen molar-refractivity contribution in [3.63, 3.8) is 0 Å². The molecular weight excluding hydrogens is 244 g/mol. The average molecular weight is 262 g/mol. The van der Waals surface area contributed by atoms with Gasteiger partial charge in [0.25, 0.3) is 0 Å². The number of nitrogen functional groups attached to an aromatic ring is 1. The molecular formula is C13H18N4O2. The lowest BCUT2D eigenvalue weighted by Crippen LogP contribution is -2.30. The van der Waals surface area contributed by atoms with Crippen LogP contribution in [0.2, 0.25) is 0 Å². The highest BCUT2D eigenvalue weighted by Gasteiger charge is 2.33. The number of aromatic nitrogens is 2. The number of benzene rings is 1. The van der Waals surface area contributed by atoms with Crippen molar-refractivity contribution in [3.8, 4) is 0 Å². The summed E-state index contributed by atoms with van der Waals surface area (Å²) in [6, 6.07) is 3.66. The Morgan fingerprint density at radius 1 is 1.26 bits per heavy atom. The van der Waals surface area contributed by atoms with Crippen molar-refractivity contribution in [3.05, 3.63) is 12.1 Å². The minimum absolute atomic E-state index is 0.00905. The topological polar surface area (TPSA) is 97.2 Å². The SMILES string of the molecule is Nc1ccc(NCC2(CO)CCCC2)c2nonc12. The van der Waals surface area contributed by atoms with Crippen molar-refractivity contribution in [1.29, 1.82) is 0 Å². The molecule has 0 aliphatic heterocycles. The number of fused-ring (bicyclic) bond motifs is 1. The molecule has 1 aliphatic carbocycles. The van der Waals surface area contributed by atoms with E-state index in [2.05, 4.69) is 15.6 Å². The Kier molecular flexibility index (Phi) is 3.02. The lowest BCUT2D eigenvalue weighted by atomic mass is 9.87. The molecule has 2 aromatic rings. The molecule has 0 saturated heterocycles. The second-order valence-corrected chi connectivity index (χ2v) is 5.38. The molecule has 1 aromatic carbocycles. The van der Waals surface area contributed by atoms with Crippen LogP contribution in [0.3, 0.4) is 0 Å². The third-order valence-electron chi connectivity index (χ3n) is 4.10. The van der Waals surface area contributed by atoms with Crippen LogP contribution in [-0.2, 0) is 0 Å². The van der Waals surface area contributed by atoms with Crippen LogP contribution in [0.4, 0.5) is 11.4 Å². The van der Waals surface area contributed by atoms with Gasteiger partial charge in [0.05, 0.1) is 18.0 Å². The first-order chi connectivity index (χ1) is 9.24. The summed E-state index contributed by atoms with van der Waals surface area (Å²) in [5.41, 5.74) is 8.43. The zero-order valence-corrected chi connectivity index (χ0v) is 10.7. The van der Waals surface area contributed by atoms with E-state index in [-0.39, 0.29) is 12.0 Å². The molecule has 19 heavy (non-hydrogen) atoms. The third-order valence-corrected chi connectivity index (χ3v) is 4.10. The zero-order chi connectivity index (χ0) is 13.3. The maximum Gasteiger partial charge on any atom is 0.160 e. The fraction of sp³-hybridized carbons (Fsp3) is 0.538. The van der Waals surface area contributed by atoms with Crippen molar-refractivity contribution in [2.24, 2.45) is 5.41 Å². The van der Waals surface area contributed by atoms with Crippen molar-refractivity contribution in [1.82, 2.24) is 10.3 Å². The van der Waals surface area contributed by atoms with E-state index in [9.17, 15) is 5.11 Å². The fourth-order valence-corrected chi connectivity index (χ4v) is 2.83. The summed E-state index contributed by atoms with van der Waals surface area (Å²) >= 11 is 0. The molecule has 1 aromatic heterocycles. The summed E-state index contributed by atoms with van der Waals surface area (Å²) < 4.78 is 4.74. The van der Waals surface area contributed by atoms with Crippen molar-refractivity contribution in [2.45, 2.75) is 25.7 Å². The number of nitrogens with one attached hydrogen (secondary N) is 1. The third kappa shape index (κ3) is 2.12. The van der Waals surface area contributed by atoms with E-state index in [1.165, 1.54) is 12.8 Å². The summed E-state index contributed by atoms with van der Waals surface area (Å²) in [6.07, 6.45) is 4.49. The van der Waals surface area contributed by atoms with Gasteiger partial charge in [-0.05, 0) is 35.3 Å². The standard InChI is InChI=1S/C13H18N4O2/c14-9-3-4-10(12-11(9)16-19-17-12)15-7-13(8-18)5-1-2-6-13/h3-4,15,18H,1-2,5-8,14H2. The maximum absolute atomic E-state index is 9.61. The number of aliphatic hydroxyl groups excluding tert-OH is 1. The second-order valence-electron chi connectivity index (χ2n) is 5.38. The van der Waals surface area contributed by atoms with E-state index < -0.39 is 0 Å². The summed E-state index contributed by atoms with van der Waals surface area (Å²) in [5.74, 6) is 0. The summed E-state index contributed by atoms with van der Waals surface area (Å²) in [6.45, 7) is 0.949. The number of nitrogens with zero attached hydrogens (tertiary/aromatic N) is 2. The number of rotatable bonds is 4. The zero-order valence-electron chi connectivity index (χ0n) is 10.7. The molecule has 0 unspecified atom stereocenters. The number of hydrogen-bond acceptors (Lipinski definition) is 6. The van der Waals surface area contributed by atoms with Crippen molar-refractivity contribution >= 4 is 22.4 Å². The molecule has 0 spiro atoms. The Bertz CT molecular complexity index is 575. The van der Waals surface area contributed by atoms with Gasteiger partial charge in [-0.2, -0.15) is 0 Å². The quantitative estimate of drug-likeness (QED) is 0.726. The molecule has 1 aliphatic rings. The minimum atomic E-state index is -0.00905. The molecule has 1 fully saturated rings. The van der Waals surface area contributed by atoms with Gasteiger partial charge in [-0.15, -0.1) is 0 Å². The Labute approximate surface area is 110 Å². The summed E-state index contributed by atoms with van der Waals surface area (Å²) in [5, 5.41) is 20.6. The van der Waals surface area contributed by atoms with Gasteiger partial charge in [0, 0.05) is 12.0 Å². The van der Waals surface area contributed by atoms with Crippen LogP contribution in [0.1, 0.15) is 25.7 Å². The van der Waals surface area contributed by atoms with Crippen LogP contribution in [0.5, 0.6) is 0 Å². The van der Waals surface area contributed by atoms with Crippen molar-refractivity contribution < 1.29 is 9.74 Å². The normalized spacial score (nSPS) is 17.9. The van der Waals surface area contributed by atoms with E-state index >= 15 is 0 Å². The lowest BCUT2D eigenvalue weighted by Gasteiger charge is -2.27. The van der Waals surface area contributed by atoms with Crippen LogP contribution in [0, 0.1) is 5.41 Å². The Morgan fingerprint density at radius 2 is 2.00 bits per heavy atom. The van der Waals surface area contributed by atoms with E-state index in [1.807, 2.05) is 6.07 Å². The van der Waals surface area contributed by atoms with Gasteiger partial charge in [-0.25, -0.2) is 4.63 Å². The molecule has 0 bridgehead atoms. The Morgan fingerprint density at radius 3 is 2.74 bits per heavy atom. The van der Waals surface area contributed by atoms with Crippen LogP contribution in [0.25, 0.3) is 11.0 Å². The summed E-state index contributed by atoms with van der Waals surface area (Å²) in [7, 11) is 0. The van der Waals surface area contributed by atoms with Gasteiger partial charge >= 0.3 is 0 Å². The monoisotopic (exact) mass is 262 g/mol. The van der Waals surface area contributed by atoms with Gasteiger partial charge < -0.3 is 16.2 Å². The van der Waals surface area contributed by atoms with E-state index in [0.717, 1.165) is 25.1 Å². The molecule has 0 atom stereocenters. The van der Waals surface area contributed by atoms with Gasteiger partial charge in [0.1, 0.15) is 0 Å². The molecule has 6 nitrogen and oxygen atoms in total. The molecule has 3 rings (SSSR count). The van der Waals surface area contributed by atoms with Gasteiger partial charge in [-0.3, -0.25) is 0 Å². The van der Waals surface area contributed by atoms with Crippen molar-refractivity contribution in [2.75, 3.05) is 24.2 Å². The highest BCUT2D eigenvalue weighted by Crippen LogP contribution is 2.38. The Balaban J connectivity index is 1.82. The van der Waals surface area contributed by atoms with E-state index in [0.29, 0.717) is 16.7 Å². The van der Waals surface area contributed by atoms with Gasteiger partial charge in [0.2, 0.25) is 0 Å². The molecule has 102 valence electrons. The first kappa shape index (κ1) is 12.2. The molecule has 6 heteroatoms. The van der Waals surface area contributed by atoms with Crippen LogP contribution in [0.15, 0.2) is 16.8 Å². The largest absolute Gasteiger partial charge is 0.397 e. The van der Waals surface area contributed by atoms with Gasteiger partial charge in [0.15, 0.2) is 11.0 Å². The fourth-order valence-electron chi connectivity index (χ4n) is 2.83. The smallest absolute Gasteiger partial charge is 0.160 e. The van der Waals surface area contributed by atoms with Crippen LogP contribution < -0.4 is 11.1 Å². The number of aliphatic hydroxyl groups is 1. The molecule has 1 saturated carbocycles. The molecule has 0 radical (unpaired) electrons. The van der Waals surface area contributed by atoms with Gasteiger partial charge in [-0.1, -0.05) is 12.8 Å². The lowest BCUT2D eigenvalue weighted by molar-refractivity contribution is 0.142. The molecule has 4 N–H and O–H groups in total. The predicted octanol–water partition coefficient (Wildman–Crippen LogP) is 1.77. The number of anilines is 2. The maximum atomic E-state index is 9.61. The molecule has 0 amide bonds. The highest BCUT2D eigenvalue weighted by atomic mass is 16.6. The number of hydrogen-bond donors (Lipinski definition) is 3. The Hall–Kier alpha value is -1.82. The first-order valence-electron chi connectivity index (χ1n) is 6.60. The number of nitrogens with two attached hydrogens (primary N) is 1. The first-order valence-corrected chi connectivity index (χ1v) is 6.60. The minimum Gasteiger partial charge on any atom is -0.397 e. The van der Waals surface area contributed by atoms with E-state index in [4.69, 9.17) is 10.4 Å². The van der Waals surface area contributed by atoms with Crippen LogP contribution in [-0.4, -0.2) is 28.6 Å². The predicted molar refractivity (Wildman–Crippen MR) is 72.7 cm³/mol. The average Bonchev–Trinajstić information content (AvgIpc) is 3.08. The summed E-state index contributed by atoms with van der Waals surface area (Å²) in [4.78, 5) is 0. The van der Waals surface area contributed by atoms with E-state index in [1.54, 1.807) is 6.07 Å². The molecule has 1 heterocycles. The second kappa shape index (κ2) is 4.70. The van der Waals surface area contributed by atoms with Crippen LogP contribution >= 0.6 is 0 Å².